The molecule has 0 radical (unpaired) electrons. The van der Waals surface area contributed by atoms with Crippen molar-refractivity contribution in [1.82, 2.24) is 4.90 Å². The normalized spacial score (nSPS) is 27.9. The molecule has 1 aliphatic rings. The van der Waals surface area contributed by atoms with Crippen LogP contribution in [0.3, 0.4) is 0 Å². The summed E-state index contributed by atoms with van der Waals surface area (Å²) in [7, 11) is 1.38. The molecule has 1 saturated heterocycles. The zero-order valence-electron chi connectivity index (χ0n) is 12.8. The largest absolute Gasteiger partial charge is 0.469 e. The number of esters is 1. The van der Waals surface area contributed by atoms with Crippen molar-refractivity contribution in [1.29, 1.82) is 0 Å². The maximum Gasteiger partial charge on any atom is 0.410 e. The number of carbonyl (C=O) groups is 2. The minimum absolute atomic E-state index is 0.179. The van der Waals surface area contributed by atoms with Crippen molar-refractivity contribution in [2.75, 3.05) is 20.2 Å². The fourth-order valence-corrected chi connectivity index (χ4v) is 2.28. The highest BCUT2D eigenvalue weighted by Crippen LogP contribution is 2.36. The topological polar surface area (TPSA) is 55.8 Å². The average molecular weight is 271 g/mol. The van der Waals surface area contributed by atoms with Crippen molar-refractivity contribution in [2.45, 2.75) is 46.6 Å². The van der Waals surface area contributed by atoms with Crippen molar-refractivity contribution < 1.29 is 19.1 Å². The van der Waals surface area contributed by atoms with E-state index < -0.39 is 11.0 Å². The van der Waals surface area contributed by atoms with Crippen LogP contribution in [0, 0.1) is 11.3 Å². The van der Waals surface area contributed by atoms with Crippen LogP contribution in [0.2, 0.25) is 0 Å². The molecule has 0 N–H and O–H groups in total. The molecule has 5 nitrogen and oxygen atoms in total. The summed E-state index contributed by atoms with van der Waals surface area (Å²) in [4.78, 5) is 25.6. The number of nitrogens with zero attached hydrogens (tertiary/aromatic N) is 1. The van der Waals surface area contributed by atoms with Gasteiger partial charge >= 0.3 is 12.1 Å². The number of methoxy groups -OCH3 is 1. The minimum atomic E-state index is -0.663. The lowest BCUT2D eigenvalue weighted by atomic mass is 9.73. The standard InChI is InChI=1S/C14H25NO4/c1-10-7-8-15(12(17)19-13(2,3)4)9-14(10,5)11(16)18-6/h10H,7-9H2,1-6H3/t10?,14-/m1/s1. The number of rotatable bonds is 1. The van der Waals surface area contributed by atoms with E-state index in [1.165, 1.54) is 7.11 Å². The summed E-state index contributed by atoms with van der Waals surface area (Å²) in [6.45, 7) is 10.3. The van der Waals surface area contributed by atoms with E-state index in [1.807, 2.05) is 34.6 Å². The van der Waals surface area contributed by atoms with Gasteiger partial charge in [-0.15, -0.1) is 0 Å². The fourth-order valence-electron chi connectivity index (χ4n) is 2.28. The van der Waals surface area contributed by atoms with Crippen molar-refractivity contribution >= 4 is 12.1 Å². The zero-order chi connectivity index (χ0) is 14.8. The highest BCUT2D eigenvalue weighted by molar-refractivity contribution is 5.78. The van der Waals surface area contributed by atoms with E-state index in [-0.39, 0.29) is 18.0 Å². The number of amides is 1. The zero-order valence-corrected chi connectivity index (χ0v) is 12.8. The summed E-state index contributed by atoms with van der Waals surface area (Å²) >= 11 is 0. The van der Waals surface area contributed by atoms with Gasteiger partial charge < -0.3 is 14.4 Å². The summed E-state index contributed by atoms with van der Waals surface area (Å²) in [5.74, 6) is -0.0908. The van der Waals surface area contributed by atoms with Gasteiger partial charge in [0.1, 0.15) is 5.60 Å². The van der Waals surface area contributed by atoms with Crippen molar-refractivity contribution in [2.24, 2.45) is 11.3 Å². The first-order valence-electron chi connectivity index (χ1n) is 6.66. The quantitative estimate of drug-likeness (QED) is 0.687. The van der Waals surface area contributed by atoms with Crippen LogP contribution in [0.15, 0.2) is 0 Å². The number of carbonyl (C=O) groups excluding carboxylic acids is 2. The molecule has 0 spiro atoms. The predicted molar refractivity (Wildman–Crippen MR) is 71.7 cm³/mol. The van der Waals surface area contributed by atoms with Gasteiger partial charge in [0, 0.05) is 13.1 Å². The third kappa shape index (κ3) is 3.61. The molecule has 0 aromatic carbocycles. The lowest BCUT2D eigenvalue weighted by Crippen LogP contribution is -2.53. The lowest BCUT2D eigenvalue weighted by Gasteiger charge is -2.42. The van der Waals surface area contributed by atoms with Crippen LogP contribution in [0.25, 0.3) is 0 Å². The van der Waals surface area contributed by atoms with E-state index in [0.29, 0.717) is 13.1 Å². The first-order chi connectivity index (χ1) is 8.60. The van der Waals surface area contributed by atoms with E-state index in [9.17, 15) is 9.59 Å². The van der Waals surface area contributed by atoms with Gasteiger partial charge in [-0.3, -0.25) is 4.79 Å². The molecule has 5 heteroatoms. The number of ether oxygens (including phenoxy) is 2. The number of hydrogen-bond acceptors (Lipinski definition) is 4. The maximum absolute atomic E-state index is 12.1. The Morgan fingerprint density at radius 1 is 1.32 bits per heavy atom. The van der Waals surface area contributed by atoms with Crippen LogP contribution in [-0.4, -0.2) is 42.8 Å². The average Bonchev–Trinajstić information content (AvgIpc) is 2.29. The molecule has 0 saturated carbocycles. The third-order valence-corrected chi connectivity index (χ3v) is 3.74. The monoisotopic (exact) mass is 271 g/mol. The first kappa shape index (κ1) is 15.8. The summed E-state index contributed by atoms with van der Waals surface area (Å²) < 4.78 is 10.2. The van der Waals surface area contributed by atoms with E-state index >= 15 is 0 Å². The number of piperidine rings is 1. The molecule has 19 heavy (non-hydrogen) atoms. The van der Waals surface area contributed by atoms with Crippen LogP contribution >= 0.6 is 0 Å². The van der Waals surface area contributed by atoms with Crippen LogP contribution in [0.1, 0.15) is 41.0 Å². The third-order valence-electron chi connectivity index (χ3n) is 3.74. The van der Waals surface area contributed by atoms with Crippen molar-refractivity contribution in [3.05, 3.63) is 0 Å². The van der Waals surface area contributed by atoms with Crippen molar-refractivity contribution in [3.63, 3.8) is 0 Å². The molecule has 1 aliphatic heterocycles. The molecule has 0 aliphatic carbocycles. The SMILES string of the molecule is COC(=O)[C@]1(C)CN(C(=O)OC(C)(C)C)CCC1C. The van der Waals surface area contributed by atoms with E-state index in [0.717, 1.165) is 6.42 Å². The fraction of sp³-hybridized carbons (Fsp3) is 0.857. The molecular formula is C14H25NO4. The molecule has 0 aromatic rings. The summed E-state index contributed by atoms with van der Waals surface area (Å²) in [6.07, 6.45) is 0.403. The number of hydrogen-bond donors (Lipinski definition) is 0. The highest BCUT2D eigenvalue weighted by atomic mass is 16.6. The van der Waals surface area contributed by atoms with Gasteiger partial charge in [-0.2, -0.15) is 0 Å². The first-order valence-corrected chi connectivity index (χ1v) is 6.66. The van der Waals surface area contributed by atoms with Crippen LogP contribution in [-0.2, 0) is 14.3 Å². The molecular weight excluding hydrogens is 246 g/mol. The number of likely N-dealkylation sites (tertiary alicyclic amines) is 1. The Morgan fingerprint density at radius 3 is 2.37 bits per heavy atom. The molecule has 1 amide bonds. The van der Waals surface area contributed by atoms with Gasteiger partial charge in [0.25, 0.3) is 0 Å². The van der Waals surface area contributed by atoms with Gasteiger partial charge in [-0.25, -0.2) is 4.79 Å². The summed E-state index contributed by atoms with van der Waals surface area (Å²) in [6, 6.07) is 0. The van der Waals surface area contributed by atoms with Gasteiger partial charge in [-0.1, -0.05) is 6.92 Å². The molecule has 1 fully saturated rings. The van der Waals surface area contributed by atoms with Gasteiger partial charge in [0.05, 0.1) is 12.5 Å². The van der Waals surface area contributed by atoms with Crippen LogP contribution < -0.4 is 0 Å². The smallest absolute Gasteiger partial charge is 0.410 e. The maximum atomic E-state index is 12.1. The molecule has 0 aromatic heterocycles. The lowest BCUT2D eigenvalue weighted by molar-refractivity contribution is -0.158. The molecule has 2 atom stereocenters. The molecule has 1 unspecified atom stereocenters. The second-order valence-electron chi connectivity index (χ2n) is 6.50. The Hall–Kier alpha value is -1.26. The minimum Gasteiger partial charge on any atom is -0.469 e. The molecule has 1 heterocycles. The second-order valence-corrected chi connectivity index (χ2v) is 6.50. The summed E-state index contributed by atoms with van der Waals surface area (Å²) in [5.41, 5.74) is -1.19. The van der Waals surface area contributed by atoms with Crippen LogP contribution in [0.5, 0.6) is 0 Å². The van der Waals surface area contributed by atoms with Gasteiger partial charge in [-0.05, 0) is 40.0 Å². The second kappa shape index (κ2) is 5.39. The Bertz CT molecular complexity index is 361. The molecule has 110 valence electrons. The van der Waals surface area contributed by atoms with Gasteiger partial charge in [0.15, 0.2) is 0 Å². The van der Waals surface area contributed by atoms with Gasteiger partial charge in [0.2, 0.25) is 0 Å². The highest BCUT2D eigenvalue weighted by Gasteiger charge is 2.46. The predicted octanol–water partition coefficient (Wildman–Crippen LogP) is 2.44. The van der Waals surface area contributed by atoms with E-state index in [2.05, 4.69) is 0 Å². The van der Waals surface area contributed by atoms with E-state index in [4.69, 9.17) is 9.47 Å². The Morgan fingerprint density at radius 2 is 1.89 bits per heavy atom. The molecule has 0 bridgehead atoms. The summed E-state index contributed by atoms with van der Waals surface area (Å²) in [5, 5.41) is 0. The Balaban J connectivity index is 2.80. The Labute approximate surface area is 115 Å². The van der Waals surface area contributed by atoms with Crippen molar-refractivity contribution in [3.8, 4) is 0 Å². The van der Waals surface area contributed by atoms with Crippen LogP contribution in [0.4, 0.5) is 4.79 Å². The Kier molecular flexibility index (Phi) is 4.48. The molecule has 1 rings (SSSR count). The van der Waals surface area contributed by atoms with E-state index in [1.54, 1.807) is 4.90 Å².